The maximum Gasteiger partial charge on any atom is 0.162 e. The molecule has 13 heavy (non-hydrogen) atoms. The monoisotopic (exact) mass is 195 g/mol. The van der Waals surface area contributed by atoms with Crippen LogP contribution in [-0.2, 0) is 0 Å². The number of ether oxygens (including phenoxy) is 2. The third-order valence-electron chi connectivity index (χ3n) is 1.83. The number of fused-ring (bicyclic) bond motifs is 1. The Kier molecular flexibility index (Phi) is 2.06. The van der Waals surface area contributed by atoms with Crippen molar-refractivity contribution >= 4 is 17.2 Å². The summed E-state index contributed by atoms with van der Waals surface area (Å²) in [7, 11) is 0. The molecule has 0 atom stereocenters. The zero-order chi connectivity index (χ0) is 9.26. The molecule has 0 amide bonds. The number of benzene rings is 1. The Hall–Kier alpha value is -1.29. The van der Waals surface area contributed by atoms with Crippen molar-refractivity contribution in [1.82, 2.24) is 0 Å². The smallest absolute Gasteiger partial charge is 0.162 e. The highest BCUT2D eigenvalue weighted by molar-refractivity contribution is 7.80. The second-order valence-electron chi connectivity index (χ2n) is 2.72. The van der Waals surface area contributed by atoms with Crippen LogP contribution in [0.15, 0.2) is 18.2 Å². The van der Waals surface area contributed by atoms with Crippen LogP contribution in [0.25, 0.3) is 0 Å². The second-order valence-corrected chi connectivity index (χ2v) is 3.16. The molecule has 0 fully saturated rings. The highest BCUT2D eigenvalue weighted by atomic mass is 32.1. The summed E-state index contributed by atoms with van der Waals surface area (Å²) in [4.78, 5) is 0.372. The minimum absolute atomic E-state index is 0.372. The van der Waals surface area contributed by atoms with E-state index < -0.39 is 0 Å². The van der Waals surface area contributed by atoms with Gasteiger partial charge in [0, 0.05) is 5.56 Å². The predicted molar refractivity (Wildman–Crippen MR) is 53.3 cm³/mol. The van der Waals surface area contributed by atoms with Crippen LogP contribution in [0.1, 0.15) is 5.56 Å². The van der Waals surface area contributed by atoms with E-state index in [2.05, 4.69) is 0 Å². The van der Waals surface area contributed by atoms with E-state index in [1.165, 1.54) is 0 Å². The van der Waals surface area contributed by atoms with Gasteiger partial charge in [0.2, 0.25) is 0 Å². The molecule has 0 bridgehead atoms. The van der Waals surface area contributed by atoms with Crippen molar-refractivity contribution in [1.29, 1.82) is 0 Å². The number of rotatable bonds is 1. The molecular formula is C9H9NO2S. The quantitative estimate of drug-likeness (QED) is 0.681. The van der Waals surface area contributed by atoms with E-state index in [9.17, 15) is 0 Å². The highest BCUT2D eigenvalue weighted by Gasteiger charge is 2.11. The molecule has 0 aliphatic carbocycles. The van der Waals surface area contributed by atoms with Crippen LogP contribution in [-0.4, -0.2) is 18.2 Å². The van der Waals surface area contributed by atoms with E-state index in [0.29, 0.717) is 18.2 Å². The lowest BCUT2D eigenvalue weighted by Crippen LogP contribution is -2.16. The van der Waals surface area contributed by atoms with Crippen molar-refractivity contribution in [2.75, 3.05) is 13.2 Å². The fourth-order valence-electron chi connectivity index (χ4n) is 1.20. The van der Waals surface area contributed by atoms with Gasteiger partial charge in [0.15, 0.2) is 11.5 Å². The van der Waals surface area contributed by atoms with Gasteiger partial charge in [0.25, 0.3) is 0 Å². The Morgan fingerprint density at radius 3 is 2.62 bits per heavy atom. The molecule has 1 aliphatic heterocycles. The summed E-state index contributed by atoms with van der Waals surface area (Å²) in [6, 6.07) is 5.45. The first-order valence-corrected chi connectivity index (χ1v) is 4.37. The molecule has 2 rings (SSSR count). The van der Waals surface area contributed by atoms with Crippen LogP contribution < -0.4 is 15.2 Å². The van der Waals surface area contributed by atoms with Crippen molar-refractivity contribution in [2.45, 2.75) is 0 Å². The zero-order valence-corrected chi connectivity index (χ0v) is 7.76. The second kappa shape index (κ2) is 3.22. The van der Waals surface area contributed by atoms with E-state index in [-0.39, 0.29) is 0 Å². The molecule has 1 aliphatic rings. The average molecular weight is 195 g/mol. The molecular weight excluding hydrogens is 186 g/mol. The minimum Gasteiger partial charge on any atom is -0.486 e. The molecule has 4 heteroatoms. The van der Waals surface area contributed by atoms with Gasteiger partial charge in [0.1, 0.15) is 18.2 Å². The SMILES string of the molecule is NC(=S)c1ccc2c(c1)OCCO2. The van der Waals surface area contributed by atoms with Gasteiger partial charge in [-0.1, -0.05) is 12.2 Å². The lowest BCUT2D eigenvalue weighted by atomic mass is 10.2. The van der Waals surface area contributed by atoms with Crippen LogP contribution in [0.4, 0.5) is 0 Å². The normalized spacial score (nSPS) is 13.8. The molecule has 3 nitrogen and oxygen atoms in total. The third-order valence-corrected chi connectivity index (χ3v) is 2.06. The van der Waals surface area contributed by atoms with Crippen molar-refractivity contribution in [3.63, 3.8) is 0 Å². The molecule has 0 aromatic heterocycles. The predicted octanol–water partition coefficient (Wildman–Crippen LogP) is 1.09. The molecule has 0 saturated heterocycles. The highest BCUT2D eigenvalue weighted by Crippen LogP contribution is 2.30. The lowest BCUT2D eigenvalue weighted by molar-refractivity contribution is 0.171. The standard InChI is InChI=1S/C9H9NO2S/c10-9(13)6-1-2-7-8(5-6)12-4-3-11-7/h1-2,5H,3-4H2,(H2,10,13). The third kappa shape index (κ3) is 1.58. The van der Waals surface area contributed by atoms with Gasteiger partial charge in [-0.3, -0.25) is 0 Å². The van der Waals surface area contributed by atoms with Crippen LogP contribution >= 0.6 is 12.2 Å². The minimum atomic E-state index is 0.372. The van der Waals surface area contributed by atoms with Crippen LogP contribution in [0, 0.1) is 0 Å². The fraction of sp³-hybridized carbons (Fsp3) is 0.222. The van der Waals surface area contributed by atoms with Gasteiger partial charge in [-0.2, -0.15) is 0 Å². The molecule has 0 spiro atoms. The summed E-state index contributed by atoms with van der Waals surface area (Å²) < 4.78 is 10.7. The van der Waals surface area contributed by atoms with Gasteiger partial charge in [-0.25, -0.2) is 0 Å². The first-order chi connectivity index (χ1) is 6.27. The number of hydrogen-bond acceptors (Lipinski definition) is 3. The van der Waals surface area contributed by atoms with Gasteiger partial charge in [-0.05, 0) is 18.2 Å². The van der Waals surface area contributed by atoms with Crippen LogP contribution in [0.2, 0.25) is 0 Å². The number of thiocarbonyl (C=S) groups is 1. The van der Waals surface area contributed by atoms with E-state index in [1.807, 2.05) is 12.1 Å². The first-order valence-electron chi connectivity index (χ1n) is 3.97. The Labute approximate surface area is 81.4 Å². The van der Waals surface area contributed by atoms with E-state index in [0.717, 1.165) is 17.1 Å². The Morgan fingerprint density at radius 2 is 1.92 bits per heavy atom. The van der Waals surface area contributed by atoms with Crippen LogP contribution in [0.3, 0.4) is 0 Å². The van der Waals surface area contributed by atoms with E-state index in [1.54, 1.807) is 6.07 Å². The lowest BCUT2D eigenvalue weighted by Gasteiger charge is -2.18. The maximum absolute atomic E-state index is 5.48. The van der Waals surface area contributed by atoms with Crippen LogP contribution in [0.5, 0.6) is 11.5 Å². The largest absolute Gasteiger partial charge is 0.486 e. The zero-order valence-electron chi connectivity index (χ0n) is 6.95. The maximum atomic E-state index is 5.48. The fourth-order valence-corrected chi connectivity index (χ4v) is 1.32. The van der Waals surface area contributed by atoms with Crippen molar-refractivity contribution in [3.05, 3.63) is 23.8 Å². The molecule has 68 valence electrons. The Bertz CT molecular complexity index is 351. The average Bonchev–Trinajstić information content (AvgIpc) is 2.17. The first kappa shape index (κ1) is 8.31. The summed E-state index contributed by atoms with van der Waals surface area (Å²) in [6.07, 6.45) is 0. The molecule has 0 radical (unpaired) electrons. The van der Waals surface area contributed by atoms with Gasteiger partial charge >= 0.3 is 0 Å². The van der Waals surface area contributed by atoms with Gasteiger partial charge in [-0.15, -0.1) is 0 Å². The molecule has 0 saturated carbocycles. The number of nitrogens with two attached hydrogens (primary N) is 1. The summed E-state index contributed by atoms with van der Waals surface area (Å²) >= 11 is 4.85. The van der Waals surface area contributed by atoms with Crippen molar-refractivity contribution < 1.29 is 9.47 Å². The number of hydrogen-bond donors (Lipinski definition) is 1. The van der Waals surface area contributed by atoms with E-state index >= 15 is 0 Å². The molecule has 2 N–H and O–H groups in total. The molecule has 1 aromatic rings. The van der Waals surface area contributed by atoms with Gasteiger partial charge in [0.05, 0.1) is 0 Å². The molecule has 1 heterocycles. The molecule has 0 unspecified atom stereocenters. The summed E-state index contributed by atoms with van der Waals surface area (Å²) in [6.45, 7) is 1.17. The summed E-state index contributed by atoms with van der Waals surface area (Å²) in [5.74, 6) is 1.47. The Morgan fingerprint density at radius 1 is 1.23 bits per heavy atom. The van der Waals surface area contributed by atoms with Crippen molar-refractivity contribution in [2.24, 2.45) is 5.73 Å². The van der Waals surface area contributed by atoms with Crippen molar-refractivity contribution in [3.8, 4) is 11.5 Å². The molecule has 1 aromatic carbocycles. The van der Waals surface area contributed by atoms with E-state index in [4.69, 9.17) is 27.4 Å². The summed E-state index contributed by atoms with van der Waals surface area (Å²) in [5, 5.41) is 0. The summed E-state index contributed by atoms with van der Waals surface area (Å²) in [5.41, 5.74) is 6.29. The Balaban J connectivity index is 2.40. The topological polar surface area (TPSA) is 44.5 Å². The van der Waals surface area contributed by atoms with Gasteiger partial charge < -0.3 is 15.2 Å².